The molecule has 6 saturated carbocycles. The van der Waals surface area contributed by atoms with Crippen molar-refractivity contribution in [3.05, 3.63) is 58.1 Å². The topological polar surface area (TPSA) is 53.4 Å². The van der Waals surface area contributed by atoms with Gasteiger partial charge in [0.1, 0.15) is 11.5 Å². The van der Waals surface area contributed by atoms with E-state index in [1.54, 1.807) is 6.07 Å². The van der Waals surface area contributed by atoms with Crippen molar-refractivity contribution in [1.82, 2.24) is 19.6 Å². The molecule has 56 heavy (non-hydrogen) atoms. The van der Waals surface area contributed by atoms with Gasteiger partial charge in [-0.3, -0.25) is 9.80 Å². The Morgan fingerprint density at radius 1 is 0.625 bits per heavy atom. The number of aromatic hydroxyl groups is 2. The zero-order valence-corrected chi connectivity index (χ0v) is 36.1. The van der Waals surface area contributed by atoms with Crippen LogP contribution in [0, 0.1) is 17.8 Å². The predicted octanol–water partition coefficient (Wildman–Crippen LogP) is 10.2. The van der Waals surface area contributed by atoms with Gasteiger partial charge in [-0.1, -0.05) is 70.7 Å². The summed E-state index contributed by atoms with van der Waals surface area (Å²) in [6.45, 7) is 8.16. The lowest BCUT2D eigenvalue weighted by Crippen LogP contribution is -2.49. The second kappa shape index (κ2) is 17.1. The van der Waals surface area contributed by atoms with Crippen LogP contribution in [-0.4, -0.2) is 96.3 Å². The zero-order valence-electron chi connectivity index (χ0n) is 36.1. The second-order valence-electron chi connectivity index (χ2n) is 20.4. The van der Waals surface area contributed by atoms with Crippen LogP contribution < -0.4 is 0 Å². The van der Waals surface area contributed by atoms with Gasteiger partial charge < -0.3 is 20.0 Å². The lowest BCUT2D eigenvalue weighted by molar-refractivity contribution is -0.138. The van der Waals surface area contributed by atoms with Gasteiger partial charge >= 0.3 is 6.18 Å². The van der Waals surface area contributed by atoms with E-state index in [-0.39, 0.29) is 16.9 Å². The molecule has 0 saturated heterocycles. The third-order valence-corrected chi connectivity index (χ3v) is 14.8. The quantitative estimate of drug-likeness (QED) is 0.264. The van der Waals surface area contributed by atoms with Gasteiger partial charge in [0.25, 0.3) is 0 Å². The number of para-hydroxylation sites is 1. The molecule has 6 aliphatic carbocycles. The van der Waals surface area contributed by atoms with Gasteiger partial charge in [-0.15, -0.1) is 0 Å². The molecule has 314 valence electrons. The van der Waals surface area contributed by atoms with Crippen LogP contribution in [0.4, 0.5) is 13.2 Å². The Balaban J connectivity index is 0.000000204. The van der Waals surface area contributed by atoms with Gasteiger partial charge in [0.15, 0.2) is 0 Å². The number of benzene rings is 2. The number of hydrogen-bond acceptors (Lipinski definition) is 6. The van der Waals surface area contributed by atoms with E-state index in [4.69, 9.17) is 0 Å². The number of phenolic OH excluding ortho intramolecular Hbond substituents is 2. The Labute approximate surface area is 336 Å². The number of phenols is 2. The van der Waals surface area contributed by atoms with Gasteiger partial charge in [0, 0.05) is 53.9 Å². The molecule has 2 aromatic rings. The van der Waals surface area contributed by atoms with Crippen LogP contribution in [0.25, 0.3) is 0 Å². The smallest absolute Gasteiger partial charge is 0.419 e. The average Bonchev–Trinajstić information content (AvgIpc) is 3.12. The molecule has 0 radical (unpaired) electrons. The summed E-state index contributed by atoms with van der Waals surface area (Å²) < 4.78 is 38.7. The molecular formula is C47H73F3N4O2. The second-order valence-corrected chi connectivity index (χ2v) is 20.4. The first kappa shape index (κ1) is 43.3. The molecule has 4 bridgehead atoms. The molecule has 6 aliphatic rings. The molecule has 0 aliphatic heterocycles. The normalized spacial score (nSPS) is 30.7. The van der Waals surface area contributed by atoms with Crippen molar-refractivity contribution < 1.29 is 23.4 Å². The molecule has 0 aromatic heterocycles. The number of hydrogen-bond donors (Lipinski definition) is 2. The number of likely N-dealkylation sites (N-methyl/N-ethyl adjacent to an activating group) is 4. The first-order valence-electron chi connectivity index (χ1n) is 21.8. The van der Waals surface area contributed by atoms with Crippen LogP contribution in [0.2, 0.25) is 0 Å². The third-order valence-electron chi connectivity index (χ3n) is 14.8. The molecule has 4 atom stereocenters. The van der Waals surface area contributed by atoms with E-state index in [2.05, 4.69) is 73.6 Å². The van der Waals surface area contributed by atoms with Crippen molar-refractivity contribution in [2.75, 3.05) is 42.3 Å². The van der Waals surface area contributed by atoms with Crippen molar-refractivity contribution in [2.24, 2.45) is 17.8 Å². The van der Waals surface area contributed by atoms with Gasteiger partial charge in [-0.2, -0.15) is 13.2 Å². The van der Waals surface area contributed by atoms with Crippen LogP contribution in [0.15, 0.2) is 30.3 Å². The third kappa shape index (κ3) is 9.42. The largest absolute Gasteiger partial charge is 0.507 e. The lowest BCUT2D eigenvalue weighted by Gasteiger charge is -2.57. The minimum Gasteiger partial charge on any atom is -0.507 e. The highest BCUT2D eigenvalue weighted by Gasteiger charge is 2.53. The highest BCUT2D eigenvalue weighted by molar-refractivity contribution is 5.50. The van der Waals surface area contributed by atoms with Crippen LogP contribution in [0.3, 0.4) is 0 Å². The number of alkyl halides is 3. The summed E-state index contributed by atoms with van der Waals surface area (Å²) in [5.41, 5.74) is 3.56. The van der Waals surface area contributed by atoms with Crippen LogP contribution in [-0.2, 0) is 30.1 Å². The molecule has 0 unspecified atom stereocenters. The molecule has 0 heterocycles. The Morgan fingerprint density at radius 2 is 1.07 bits per heavy atom. The maximum absolute atomic E-state index is 12.9. The molecule has 6 fully saturated rings. The fourth-order valence-electron chi connectivity index (χ4n) is 12.2. The number of halogens is 3. The first-order valence-corrected chi connectivity index (χ1v) is 21.8. The van der Waals surface area contributed by atoms with E-state index in [1.807, 2.05) is 21.1 Å². The molecular weight excluding hydrogens is 710 g/mol. The molecule has 6 nitrogen and oxygen atoms in total. The molecule has 2 N–H and O–H groups in total. The first-order chi connectivity index (χ1) is 26.3. The fraction of sp³-hybridized carbons (Fsp3) is 0.745. The van der Waals surface area contributed by atoms with E-state index in [0.717, 1.165) is 49.6 Å². The van der Waals surface area contributed by atoms with Crippen LogP contribution in [0.5, 0.6) is 11.5 Å². The molecule has 0 amide bonds. The number of nitrogens with zero attached hydrogens (tertiary/aromatic N) is 4. The Bertz CT molecular complexity index is 1600. The molecule has 2 aromatic carbocycles. The zero-order chi connectivity index (χ0) is 40.7. The Kier molecular flexibility index (Phi) is 13.2. The summed E-state index contributed by atoms with van der Waals surface area (Å²) in [5, 5.41) is 21.8. The molecule has 0 spiro atoms. The Morgan fingerprint density at radius 3 is 1.50 bits per heavy atom. The van der Waals surface area contributed by atoms with E-state index in [0.29, 0.717) is 36.0 Å². The van der Waals surface area contributed by atoms with Gasteiger partial charge in [-0.25, -0.2) is 0 Å². The maximum atomic E-state index is 12.9. The summed E-state index contributed by atoms with van der Waals surface area (Å²) >= 11 is 0. The Hall–Kier alpha value is -2.33. The predicted molar refractivity (Wildman–Crippen MR) is 222 cm³/mol. The minimum absolute atomic E-state index is 0.0923. The summed E-state index contributed by atoms with van der Waals surface area (Å²) in [6, 6.07) is 10.5. The van der Waals surface area contributed by atoms with Gasteiger partial charge in [-0.05, 0) is 147 Å². The van der Waals surface area contributed by atoms with Crippen molar-refractivity contribution in [1.29, 1.82) is 0 Å². The fourth-order valence-corrected chi connectivity index (χ4v) is 12.2. The van der Waals surface area contributed by atoms with Crippen molar-refractivity contribution in [3.63, 3.8) is 0 Å². The standard InChI is InChI=1S/C30H48N2O.C17H25F3N2O/c1-29(2,3)24-14-23(19-32(6)27-10-8-7-9-26(27)31(4)5)28(33)25(15-24)30-16-20-11-21(17-30)13-22(12-20)18-30;1-21(2)14-9-4-5-10-15(14)22(3)11-12-7-6-8-13(16(12)23)17(18,19)20/h14-15,20-22,26-27,33H,7-13,16-19H2,1-6H3;6-8,14-15,23H,4-5,9-11H2,1-3H3/t20?,21?,22?,26-,27-,30?;14-,15-/m11/s1. The van der Waals surface area contributed by atoms with Gasteiger partial charge in [0.05, 0.1) is 5.56 Å². The van der Waals surface area contributed by atoms with E-state index >= 15 is 0 Å². The lowest BCUT2D eigenvalue weighted by atomic mass is 9.47. The van der Waals surface area contributed by atoms with Crippen LogP contribution in [0.1, 0.15) is 138 Å². The maximum Gasteiger partial charge on any atom is 0.419 e. The molecule has 8 rings (SSSR count). The van der Waals surface area contributed by atoms with Crippen LogP contribution >= 0.6 is 0 Å². The van der Waals surface area contributed by atoms with Gasteiger partial charge in [0.2, 0.25) is 0 Å². The van der Waals surface area contributed by atoms with E-state index in [1.165, 1.54) is 93.4 Å². The molecule has 9 heteroatoms. The van der Waals surface area contributed by atoms with E-state index < -0.39 is 17.5 Å². The van der Waals surface area contributed by atoms with Crippen molar-refractivity contribution in [2.45, 2.75) is 165 Å². The monoisotopic (exact) mass is 783 g/mol. The highest BCUT2D eigenvalue weighted by Crippen LogP contribution is 2.62. The summed E-state index contributed by atoms with van der Waals surface area (Å²) in [6.07, 6.45) is 13.4. The summed E-state index contributed by atoms with van der Waals surface area (Å²) in [7, 11) is 12.8. The summed E-state index contributed by atoms with van der Waals surface area (Å²) in [4.78, 5) is 9.23. The summed E-state index contributed by atoms with van der Waals surface area (Å²) in [5.74, 6) is 2.66. The van der Waals surface area contributed by atoms with Crippen molar-refractivity contribution >= 4 is 0 Å². The average molecular weight is 783 g/mol. The number of rotatable bonds is 9. The minimum atomic E-state index is -4.53. The highest BCUT2D eigenvalue weighted by atomic mass is 19.4. The van der Waals surface area contributed by atoms with E-state index in [9.17, 15) is 23.4 Å². The SMILES string of the molecule is CN(C)[C@@H]1CCCC[C@H]1N(C)Cc1cc(C(C)(C)C)cc(C23CC4CC(CC(C4)C2)C3)c1O.CN(C)[C@@H]1CCCC[C@H]1N(C)Cc1cccc(C(F)(F)F)c1O. The van der Waals surface area contributed by atoms with Crippen molar-refractivity contribution in [3.8, 4) is 11.5 Å².